The van der Waals surface area contributed by atoms with Crippen LogP contribution in [-0.4, -0.2) is 23.0 Å². The van der Waals surface area contributed by atoms with Gasteiger partial charge >= 0.3 is 7.82 Å². The lowest BCUT2D eigenvalue weighted by Gasteiger charge is -1.99. The highest BCUT2D eigenvalue weighted by atomic mass is 31.2. The summed E-state index contributed by atoms with van der Waals surface area (Å²) in [7, 11) is -4.36. The smallest absolute Gasteiger partial charge is 0.412 e. The van der Waals surface area contributed by atoms with Gasteiger partial charge in [0, 0.05) is 6.61 Å². The van der Waals surface area contributed by atoms with Gasteiger partial charge in [0.25, 0.3) is 0 Å². The standard InChI is InChI=1S/C5H11O5P/c1-2-9-4-3-5-10-11(6,7)8/h3,5H,2,4H2,1H3,(H2,6,7,8). The number of hydrogen-bond donors (Lipinski definition) is 2. The van der Waals surface area contributed by atoms with Crippen LogP contribution in [0.25, 0.3) is 0 Å². The maximum absolute atomic E-state index is 10.0. The Bertz CT molecular complexity index is 160. The Kier molecular flexibility index (Phi) is 5.15. The van der Waals surface area contributed by atoms with Gasteiger partial charge in [-0.2, -0.15) is 0 Å². The maximum Gasteiger partial charge on any atom is 0.524 e. The van der Waals surface area contributed by atoms with Gasteiger partial charge in [-0.1, -0.05) is 0 Å². The molecule has 0 aliphatic rings. The third-order valence-corrected chi connectivity index (χ3v) is 1.11. The first-order valence-electron chi connectivity index (χ1n) is 3.03. The molecule has 0 heterocycles. The molecule has 0 bridgehead atoms. The second-order valence-electron chi connectivity index (χ2n) is 1.63. The monoisotopic (exact) mass is 182 g/mol. The first-order chi connectivity index (χ1) is 5.06. The lowest BCUT2D eigenvalue weighted by atomic mass is 10.7. The van der Waals surface area contributed by atoms with Crippen LogP contribution in [0.1, 0.15) is 6.92 Å². The van der Waals surface area contributed by atoms with Gasteiger partial charge in [0.15, 0.2) is 0 Å². The Labute approximate surface area is 64.9 Å². The summed E-state index contributed by atoms with van der Waals surface area (Å²) < 4.78 is 18.9. The summed E-state index contributed by atoms with van der Waals surface area (Å²) in [6.07, 6.45) is 2.30. The highest BCUT2D eigenvalue weighted by Gasteiger charge is 2.10. The fourth-order valence-electron chi connectivity index (χ4n) is 0.347. The van der Waals surface area contributed by atoms with Crippen LogP contribution < -0.4 is 0 Å². The molecule has 0 atom stereocenters. The lowest BCUT2D eigenvalue weighted by Crippen LogP contribution is -1.88. The minimum absolute atomic E-state index is 0.288. The molecule has 0 aliphatic heterocycles. The van der Waals surface area contributed by atoms with Gasteiger partial charge < -0.3 is 9.26 Å². The van der Waals surface area contributed by atoms with Crippen LogP contribution >= 0.6 is 7.82 Å². The molecule has 5 nitrogen and oxygen atoms in total. The van der Waals surface area contributed by atoms with Crippen molar-refractivity contribution >= 4 is 7.82 Å². The molecule has 11 heavy (non-hydrogen) atoms. The van der Waals surface area contributed by atoms with E-state index in [1.807, 2.05) is 6.92 Å². The predicted molar refractivity (Wildman–Crippen MR) is 38.8 cm³/mol. The topological polar surface area (TPSA) is 76.0 Å². The van der Waals surface area contributed by atoms with Gasteiger partial charge in [0.05, 0.1) is 12.9 Å². The molecule has 0 saturated heterocycles. The van der Waals surface area contributed by atoms with E-state index in [9.17, 15) is 4.57 Å². The number of phosphoric acid groups is 1. The van der Waals surface area contributed by atoms with Gasteiger partial charge in [-0.05, 0) is 13.0 Å². The Balaban J connectivity index is 3.38. The van der Waals surface area contributed by atoms with Crippen molar-refractivity contribution in [3.63, 3.8) is 0 Å². The third-order valence-electron chi connectivity index (χ3n) is 0.713. The first-order valence-corrected chi connectivity index (χ1v) is 4.56. The highest BCUT2D eigenvalue weighted by Crippen LogP contribution is 2.35. The van der Waals surface area contributed by atoms with Crippen molar-refractivity contribution in [3.8, 4) is 0 Å². The van der Waals surface area contributed by atoms with Gasteiger partial charge in [0.1, 0.15) is 0 Å². The summed E-state index contributed by atoms with van der Waals surface area (Å²) in [5.41, 5.74) is 0. The molecule has 0 amide bonds. The summed E-state index contributed by atoms with van der Waals surface area (Å²) >= 11 is 0. The molecule has 0 aromatic carbocycles. The molecule has 6 heteroatoms. The molecule has 0 spiro atoms. The van der Waals surface area contributed by atoms with Gasteiger partial charge in [-0.15, -0.1) is 0 Å². The van der Waals surface area contributed by atoms with Crippen molar-refractivity contribution in [2.45, 2.75) is 6.92 Å². The number of ether oxygens (including phenoxy) is 1. The van der Waals surface area contributed by atoms with E-state index in [-0.39, 0.29) is 6.61 Å². The second-order valence-corrected chi connectivity index (χ2v) is 2.82. The summed E-state index contributed by atoms with van der Waals surface area (Å²) in [5, 5.41) is 0. The van der Waals surface area contributed by atoms with Crippen LogP contribution in [0.5, 0.6) is 0 Å². The molecule has 2 N–H and O–H groups in total. The fraction of sp³-hybridized carbons (Fsp3) is 0.600. The molecular weight excluding hydrogens is 171 g/mol. The Morgan fingerprint density at radius 3 is 2.64 bits per heavy atom. The van der Waals surface area contributed by atoms with Crippen molar-refractivity contribution in [3.05, 3.63) is 12.3 Å². The van der Waals surface area contributed by atoms with Crippen LogP contribution in [-0.2, 0) is 13.8 Å². The van der Waals surface area contributed by atoms with Crippen molar-refractivity contribution in [2.24, 2.45) is 0 Å². The van der Waals surface area contributed by atoms with E-state index in [1.54, 1.807) is 0 Å². The molecule has 0 radical (unpaired) electrons. The van der Waals surface area contributed by atoms with E-state index in [4.69, 9.17) is 14.5 Å². The minimum Gasteiger partial charge on any atom is -0.412 e. The molecule has 0 unspecified atom stereocenters. The van der Waals surface area contributed by atoms with Crippen LogP contribution in [0.15, 0.2) is 12.3 Å². The zero-order valence-electron chi connectivity index (χ0n) is 6.14. The van der Waals surface area contributed by atoms with E-state index in [0.29, 0.717) is 6.61 Å². The fourth-order valence-corrected chi connectivity index (χ4v) is 0.592. The van der Waals surface area contributed by atoms with Gasteiger partial charge in [0.2, 0.25) is 0 Å². The van der Waals surface area contributed by atoms with E-state index >= 15 is 0 Å². The molecule has 0 aliphatic carbocycles. The summed E-state index contributed by atoms with van der Waals surface area (Å²) in [6, 6.07) is 0. The third kappa shape index (κ3) is 9.65. The van der Waals surface area contributed by atoms with E-state index < -0.39 is 7.82 Å². The minimum atomic E-state index is -4.36. The lowest BCUT2D eigenvalue weighted by molar-refractivity contribution is 0.175. The molecule has 0 aromatic heterocycles. The van der Waals surface area contributed by atoms with E-state index in [0.717, 1.165) is 6.26 Å². The largest absolute Gasteiger partial charge is 0.524 e. The second kappa shape index (κ2) is 5.32. The van der Waals surface area contributed by atoms with Gasteiger partial charge in [-0.3, -0.25) is 9.79 Å². The van der Waals surface area contributed by atoms with Crippen LogP contribution in [0.3, 0.4) is 0 Å². The zero-order chi connectivity index (χ0) is 8.74. The molecule has 0 fully saturated rings. The van der Waals surface area contributed by atoms with Gasteiger partial charge in [-0.25, -0.2) is 4.57 Å². The summed E-state index contributed by atoms with van der Waals surface area (Å²) in [5.74, 6) is 0. The zero-order valence-corrected chi connectivity index (χ0v) is 7.03. The first kappa shape index (κ1) is 10.7. The van der Waals surface area contributed by atoms with Crippen molar-refractivity contribution in [1.29, 1.82) is 0 Å². The molecular formula is C5H11O5P. The molecule has 0 rings (SSSR count). The number of rotatable bonds is 5. The quantitative estimate of drug-likeness (QED) is 0.370. The Hall–Kier alpha value is -0.350. The van der Waals surface area contributed by atoms with Crippen molar-refractivity contribution in [2.75, 3.05) is 13.2 Å². The van der Waals surface area contributed by atoms with Crippen molar-refractivity contribution in [1.82, 2.24) is 0 Å². The summed E-state index contributed by atoms with van der Waals surface area (Å²) in [4.78, 5) is 16.3. The Morgan fingerprint density at radius 1 is 1.55 bits per heavy atom. The highest BCUT2D eigenvalue weighted by molar-refractivity contribution is 7.46. The average Bonchev–Trinajstić information content (AvgIpc) is 1.85. The number of hydrogen-bond acceptors (Lipinski definition) is 3. The summed E-state index contributed by atoms with van der Waals surface area (Å²) in [6.45, 7) is 2.66. The average molecular weight is 182 g/mol. The van der Waals surface area contributed by atoms with E-state index in [1.165, 1.54) is 6.08 Å². The van der Waals surface area contributed by atoms with E-state index in [2.05, 4.69) is 4.52 Å². The van der Waals surface area contributed by atoms with Crippen LogP contribution in [0.4, 0.5) is 0 Å². The number of phosphoric ester groups is 1. The maximum atomic E-state index is 10.0. The van der Waals surface area contributed by atoms with Crippen LogP contribution in [0.2, 0.25) is 0 Å². The normalized spacial score (nSPS) is 12.3. The predicted octanol–water partition coefficient (Wildman–Crippen LogP) is 0.646. The Morgan fingerprint density at radius 2 is 2.18 bits per heavy atom. The van der Waals surface area contributed by atoms with Crippen molar-refractivity contribution < 1.29 is 23.6 Å². The molecule has 66 valence electrons. The SMILES string of the molecule is CCOCC=COP(=O)(O)O. The molecule has 0 aromatic rings. The molecule has 0 saturated carbocycles. The van der Waals surface area contributed by atoms with Crippen LogP contribution in [0, 0.1) is 0 Å².